The monoisotopic (exact) mass is 596 g/mol. The van der Waals surface area contributed by atoms with Crippen molar-refractivity contribution in [2.24, 2.45) is 0 Å². The van der Waals surface area contributed by atoms with E-state index in [0.29, 0.717) is 6.42 Å². The van der Waals surface area contributed by atoms with E-state index in [9.17, 15) is 4.79 Å². The predicted octanol–water partition coefficient (Wildman–Crippen LogP) is 9.37. The molecule has 0 aromatic heterocycles. The first-order chi connectivity index (χ1) is 18.6. The molecule has 0 heterocycles. The molecule has 3 rings (SSSR count). The van der Waals surface area contributed by atoms with Gasteiger partial charge in [0.25, 0.3) is 0 Å². The van der Waals surface area contributed by atoms with Crippen molar-refractivity contribution in [3.05, 3.63) is 91.0 Å². The first-order valence-corrected chi connectivity index (χ1v) is 19.1. The van der Waals surface area contributed by atoms with Crippen molar-refractivity contribution in [1.82, 2.24) is 0 Å². The number of hydrogen-bond donors (Lipinski definition) is 1. The van der Waals surface area contributed by atoms with Crippen LogP contribution in [0.15, 0.2) is 91.0 Å². The standard InChI is InChI=1S/C34H46BrO2P/c35-38(31-23-15-12-16-24-31,32-25-17-13-18-26-32,33-27-19-14-20-28-33)30-22-11-9-7-5-3-1-2-4-6-8-10-21-29-34(36)37/h12-20,23-28H,1-11,21-22,29-30H2,(H,36,37). The van der Waals surface area contributed by atoms with Crippen LogP contribution < -0.4 is 15.9 Å². The summed E-state index contributed by atoms with van der Waals surface area (Å²) in [6, 6.07) is 33.4. The molecule has 0 radical (unpaired) electrons. The summed E-state index contributed by atoms with van der Waals surface area (Å²) in [7, 11) is 0. The Kier molecular flexibility index (Phi) is 13.0. The fourth-order valence-corrected chi connectivity index (χ4v) is 13.4. The molecule has 0 unspecified atom stereocenters. The normalized spacial score (nSPS) is 12.6. The zero-order valence-corrected chi connectivity index (χ0v) is 25.4. The topological polar surface area (TPSA) is 37.3 Å². The number of carbonyl (C=O) groups is 1. The second-order valence-electron chi connectivity index (χ2n) is 10.7. The van der Waals surface area contributed by atoms with Crippen LogP contribution in [0, 0.1) is 0 Å². The maximum absolute atomic E-state index is 10.6. The van der Waals surface area contributed by atoms with Crippen LogP contribution in [0.1, 0.15) is 89.9 Å². The van der Waals surface area contributed by atoms with Crippen LogP contribution in [0.2, 0.25) is 0 Å². The molecule has 0 aliphatic rings. The Morgan fingerprint density at radius 3 is 1.11 bits per heavy atom. The van der Waals surface area contributed by atoms with Gasteiger partial charge in [-0.25, -0.2) is 0 Å². The summed E-state index contributed by atoms with van der Waals surface area (Å²) in [4.78, 5) is 10.6. The predicted molar refractivity (Wildman–Crippen MR) is 171 cm³/mol. The van der Waals surface area contributed by atoms with Crippen molar-refractivity contribution in [3.63, 3.8) is 0 Å². The molecule has 38 heavy (non-hydrogen) atoms. The molecule has 0 spiro atoms. The summed E-state index contributed by atoms with van der Waals surface area (Å²) in [6.45, 7) is 0. The second kappa shape index (κ2) is 16.2. The summed E-state index contributed by atoms with van der Waals surface area (Å²) < 4.78 is 0. The summed E-state index contributed by atoms with van der Waals surface area (Å²) in [5, 5.41) is 10.2. The van der Waals surface area contributed by atoms with Crippen LogP contribution >= 0.6 is 20.8 Å². The molecule has 0 atom stereocenters. The van der Waals surface area contributed by atoms with Crippen molar-refractivity contribution in [1.29, 1.82) is 0 Å². The Morgan fingerprint density at radius 2 is 0.789 bits per heavy atom. The molecule has 2 nitrogen and oxygen atoms in total. The number of unbranched alkanes of at least 4 members (excludes halogenated alkanes) is 12. The molecule has 0 bridgehead atoms. The third-order valence-electron chi connectivity index (χ3n) is 7.85. The first-order valence-electron chi connectivity index (χ1n) is 14.7. The van der Waals surface area contributed by atoms with Gasteiger partial charge in [0.2, 0.25) is 0 Å². The van der Waals surface area contributed by atoms with E-state index in [4.69, 9.17) is 5.11 Å². The van der Waals surface area contributed by atoms with E-state index in [-0.39, 0.29) is 0 Å². The quantitative estimate of drug-likeness (QED) is 0.110. The Bertz CT molecular complexity index is 956. The molecule has 0 saturated heterocycles. The van der Waals surface area contributed by atoms with Crippen LogP contribution in [0.25, 0.3) is 0 Å². The van der Waals surface area contributed by atoms with Gasteiger partial charge in [-0.3, -0.25) is 4.79 Å². The molecule has 0 amide bonds. The van der Waals surface area contributed by atoms with Crippen LogP contribution in [0.3, 0.4) is 0 Å². The number of hydrogen-bond acceptors (Lipinski definition) is 1. The Labute approximate surface area is 238 Å². The van der Waals surface area contributed by atoms with Gasteiger partial charge in [-0.2, -0.15) is 0 Å². The Balaban J connectivity index is 1.48. The first kappa shape index (κ1) is 30.6. The van der Waals surface area contributed by atoms with E-state index in [2.05, 4.69) is 106 Å². The van der Waals surface area contributed by atoms with Gasteiger partial charge < -0.3 is 5.11 Å². The van der Waals surface area contributed by atoms with E-state index in [1.54, 1.807) is 0 Å². The molecule has 206 valence electrons. The Hall–Kier alpha value is -1.96. The van der Waals surface area contributed by atoms with Gasteiger partial charge in [0.15, 0.2) is 0 Å². The molecular weight excluding hydrogens is 551 g/mol. The maximum atomic E-state index is 10.6. The van der Waals surface area contributed by atoms with E-state index >= 15 is 0 Å². The van der Waals surface area contributed by atoms with Crippen molar-refractivity contribution in [3.8, 4) is 0 Å². The van der Waals surface area contributed by atoms with E-state index in [1.807, 2.05) is 0 Å². The molecular formula is C34H46BrO2P. The van der Waals surface area contributed by atoms with Gasteiger partial charge in [0.05, 0.1) is 0 Å². The SMILES string of the molecule is O=C(O)CCCCCCCCCCCCCCCP(Br)(c1ccccc1)(c1ccccc1)c1ccccc1. The van der Waals surface area contributed by atoms with Crippen LogP contribution in [0.5, 0.6) is 0 Å². The third kappa shape index (κ3) is 8.52. The minimum atomic E-state index is -2.76. The van der Waals surface area contributed by atoms with E-state index in [1.165, 1.54) is 86.5 Å². The number of carboxylic acid groups (broad SMARTS) is 1. The fourth-order valence-electron chi connectivity index (χ4n) is 5.68. The van der Waals surface area contributed by atoms with E-state index in [0.717, 1.165) is 19.0 Å². The fraction of sp³-hybridized carbons (Fsp3) is 0.441. The number of carboxylic acids is 1. The molecule has 0 aliphatic heterocycles. The van der Waals surface area contributed by atoms with Crippen molar-refractivity contribution >= 4 is 42.7 Å². The third-order valence-corrected chi connectivity index (χ3v) is 17.9. The molecule has 3 aromatic rings. The molecule has 3 aromatic carbocycles. The molecule has 0 aliphatic carbocycles. The summed E-state index contributed by atoms with van der Waals surface area (Å²) >= 11 is 4.57. The number of benzene rings is 3. The van der Waals surface area contributed by atoms with Crippen LogP contribution in [-0.2, 0) is 4.79 Å². The average Bonchev–Trinajstić information content (AvgIpc) is 2.96. The van der Waals surface area contributed by atoms with Crippen molar-refractivity contribution in [2.45, 2.75) is 89.9 Å². The van der Waals surface area contributed by atoms with Gasteiger partial charge in [-0.05, 0) is 6.42 Å². The van der Waals surface area contributed by atoms with Gasteiger partial charge in [-0.15, -0.1) is 0 Å². The van der Waals surface area contributed by atoms with Crippen LogP contribution in [-0.4, -0.2) is 17.2 Å². The van der Waals surface area contributed by atoms with Gasteiger partial charge >= 0.3 is 210 Å². The number of halogens is 1. The zero-order valence-electron chi connectivity index (χ0n) is 22.9. The molecule has 0 saturated carbocycles. The zero-order chi connectivity index (χ0) is 27.0. The minimum absolute atomic E-state index is 0.323. The van der Waals surface area contributed by atoms with Crippen molar-refractivity contribution < 1.29 is 9.90 Å². The summed E-state index contributed by atoms with van der Waals surface area (Å²) in [5.74, 6) is -0.665. The second-order valence-corrected chi connectivity index (χ2v) is 19.7. The molecule has 4 heteroatoms. The molecule has 1 N–H and O–H groups in total. The van der Waals surface area contributed by atoms with Crippen LogP contribution in [0.4, 0.5) is 0 Å². The summed E-state index contributed by atoms with van der Waals surface area (Å²) in [5.41, 5.74) is 0. The van der Waals surface area contributed by atoms with Gasteiger partial charge in [0.1, 0.15) is 0 Å². The van der Waals surface area contributed by atoms with Gasteiger partial charge in [0, 0.05) is 6.42 Å². The summed E-state index contributed by atoms with van der Waals surface area (Å²) in [6.07, 6.45) is 17.5. The van der Waals surface area contributed by atoms with E-state index < -0.39 is 11.3 Å². The van der Waals surface area contributed by atoms with Crippen molar-refractivity contribution in [2.75, 3.05) is 6.16 Å². The van der Waals surface area contributed by atoms with Gasteiger partial charge in [-0.1, -0.05) is 6.42 Å². The average molecular weight is 598 g/mol. The molecule has 0 fully saturated rings. The number of aliphatic carboxylic acids is 1. The number of rotatable bonds is 19. The Morgan fingerprint density at radius 1 is 0.500 bits per heavy atom.